The molecule has 1 aromatic heterocycles. The summed E-state index contributed by atoms with van der Waals surface area (Å²) < 4.78 is 12.3. The zero-order valence-corrected chi connectivity index (χ0v) is 20.7. The number of β-amino-alcohol motifs (C(OH)–C–C–N with tert-alkyl or cyclic N) is 1. The summed E-state index contributed by atoms with van der Waals surface area (Å²) in [4.78, 5) is 22.0. The molecule has 188 valence electrons. The maximum atomic E-state index is 13.4. The average Bonchev–Trinajstić information content (AvgIpc) is 2.92. The Kier molecular flexibility index (Phi) is 6.95. The minimum absolute atomic E-state index is 0.115. The molecular formula is C27H36N4O4. The number of ether oxygens (including phenoxy) is 2. The van der Waals surface area contributed by atoms with Gasteiger partial charge in [0.05, 0.1) is 12.6 Å². The van der Waals surface area contributed by atoms with Crippen LogP contribution in [0, 0.1) is 0 Å². The molecule has 8 nitrogen and oxygen atoms in total. The highest BCUT2D eigenvalue weighted by molar-refractivity contribution is 5.97. The van der Waals surface area contributed by atoms with Crippen molar-refractivity contribution >= 4 is 5.91 Å². The van der Waals surface area contributed by atoms with E-state index in [0.717, 1.165) is 45.4 Å². The van der Waals surface area contributed by atoms with Crippen LogP contribution in [0.4, 0.5) is 0 Å². The Bertz CT molecular complexity index is 1050. The van der Waals surface area contributed by atoms with Gasteiger partial charge >= 0.3 is 0 Å². The molecule has 1 amide bonds. The molecule has 3 aliphatic rings. The molecule has 1 atom stereocenters. The van der Waals surface area contributed by atoms with Gasteiger partial charge in [-0.3, -0.25) is 9.69 Å². The van der Waals surface area contributed by atoms with Crippen molar-refractivity contribution in [2.45, 2.75) is 57.5 Å². The number of aliphatic hydroxyl groups excluding tert-OH is 1. The number of carbonyl (C=O) groups is 1. The summed E-state index contributed by atoms with van der Waals surface area (Å²) in [7, 11) is 0. The molecule has 0 radical (unpaired) electrons. The van der Waals surface area contributed by atoms with E-state index in [1.807, 2.05) is 13.8 Å². The number of carbonyl (C=O) groups excluding carboxylic acids is 1. The fourth-order valence-corrected chi connectivity index (χ4v) is 5.28. The summed E-state index contributed by atoms with van der Waals surface area (Å²) >= 11 is 0. The molecule has 2 N–H and O–H groups in total. The van der Waals surface area contributed by atoms with Crippen LogP contribution in [-0.2, 0) is 13.0 Å². The number of pyridine rings is 1. The molecule has 1 saturated heterocycles. The van der Waals surface area contributed by atoms with E-state index < -0.39 is 11.7 Å². The second-order valence-corrected chi connectivity index (χ2v) is 10.5. The van der Waals surface area contributed by atoms with E-state index in [0.29, 0.717) is 30.4 Å². The number of piperidine rings is 1. The van der Waals surface area contributed by atoms with Gasteiger partial charge in [0.1, 0.15) is 17.3 Å². The third-order valence-electron chi connectivity index (χ3n) is 6.98. The monoisotopic (exact) mass is 480 g/mol. The van der Waals surface area contributed by atoms with Crippen molar-refractivity contribution in [1.82, 2.24) is 20.1 Å². The number of hydrogen-bond donors (Lipinski definition) is 2. The van der Waals surface area contributed by atoms with Crippen LogP contribution in [0.1, 0.15) is 48.2 Å². The zero-order chi connectivity index (χ0) is 24.4. The van der Waals surface area contributed by atoms with Crippen LogP contribution in [0.25, 0.3) is 0 Å². The van der Waals surface area contributed by atoms with Crippen LogP contribution in [-0.4, -0.2) is 82.9 Å². The Morgan fingerprint density at radius 1 is 1.17 bits per heavy atom. The van der Waals surface area contributed by atoms with Gasteiger partial charge in [0.2, 0.25) is 11.8 Å². The van der Waals surface area contributed by atoms with Gasteiger partial charge in [0, 0.05) is 32.2 Å². The summed E-state index contributed by atoms with van der Waals surface area (Å²) in [5.41, 5.74) is 2.46. The first-order valence-corrected chi connectivity index (χ1v) is 12.7. The lowest BCUT2D eigenvalue weighted by Crippen LogP contribution is -2.48. The molecule has 8 heteroatoms. The molecule has 1 aromatic carbocycles. The highest BCUT2D eigenvalue weighted by Gasteiger charge is 2.36. The topological polar surface area (TPSA) is 87.2 Å². The van der Waals surface area contributed by atoms with Crippen molar-refractivity contribution in [1.29, 1.82) is 0 Å². The second-order valence-electron chi connectivity index (χ2n) is 10.5. The molecule has 4 heterocycles. The number of benzene rings is 1. The van der Waals surface area contributed by atoms with E-state index in [2.05, 4.69) is 39.5 Å². The summed E-state index contributed by atoms with van der Waals surface area (Å²) in [5, 5.41) is 14.3. The second kappa shape index (κ2) is 10.1. The van der Waals surface area contributed by atoms with Crippen molar-refractivity contribution in [2.75, 3.05) is 39.3 Å². The Hall–Kier alpha value is -2.68. The van der Waals surface area contributed by atoms with E-state index in [9.17, 15) is 9.90 Å². The van der Waals surface area contributed by atoms with Crippen molar-refractivity contribution in [3.63, 3.8) is 0 Å². The lowest BCUT2D eigenvalue weighted by atomic mass is 9.99. The first-order valence-electron chi connectivity index (χ1n) is 12.7. The molecule has 0 saturated carbocycles. The van der Waals surface area contributed by atoms with Gasteiger partial charge < -0.3 is 24.8 Å². The number of fused-ring (bicyclic) bond motifs is 2. The standard InChI is InChI=1S/C27H36N4O4/c1-27(2)18-31(17-21(32)16-30-14-11-19-5-3-4-6-20(19)15-30)26(33)23-7-8-24(29-25(23)35-27)34-22-9-12-28-13-10-22/h3-8,21-22,28,32H,9-18H2,1-2H3. The first-order chi connectivity index (χ1) is 16.9. The van der Waals surface area contributed by atoms with E-state index in [1.165, 1.54) is 11.1 Å². The molecule has 3 aliphatic heterocycles. The van der Waals surface area contributed by atoms with Crippen LogP contribution in [0.5, 0.6) is 11.8 Å². The average molecular weight is 481 g/mol. The number of nitrogens with one attached hydrogen (secondary N) is 1. The zero-order valence-electron chi connectivity index (χ0n) is 20.7. The molecule has 0 aliphatic carbocycles. The summed E-state index contributed by atoms with van der Waals surface area (Å²) in [5.74, 6) is 0.615. The van der Waals surface area contributed by atoms with Crippen LogP contribution < -0.4 is 14.8 Å². The molecular weight excluding hydrogens is 444 g/mol. The number of amides is 1. The van der Waals surface area contributed by atoms with E-state index in [1.54, 1.807) is 17.0 Å². The molecule has 0 bridgehead atoms. The fraction of sp³-hybridized carbons (Fsp3) is 0.556. The van der Waals surface area contributed by atoms with Crippen LogP contribution in [0.2, 0.25) is 0 Å². The van der Waals surface area contributed by atoms with Gasteiger partial charge in [-0.15, -0.1) is 0 Å². The summed E-state index contributed by atoms with van der Waals surface area (Å²) in [6, 6.07) is 12.0. The first kappa shape index (κ1) is 24.0. The lowest BCUT2D eigenvalue weighted by Gasteiger charge is -2.33. The predicted octanol–water partition coefficient (Wildman–Crippen LogP) is 2.24. The Morgan fingerprint density at radius 2 is 1.94 bits per heavy atom. The van der Waals surface area contributed by atoms with Gasteiger partial charge in [-0.25, -0.2) is 0 Å². The van der Waals surface area contributed by atoms with E-state index in [-0.39, 0.29) is 18.6 Å². The largest absolute Gasteiger partial charge is 0.474 e. The van der Waals surface area contributed by atoms with E-state index >= 15 is 0 Å². The summed E-state index contributed by atoms with van der Waals surface area (Å²) in [6.45, 7) is 8.61. The third-order valence-corrected chi connectivity index (χ3v) is 6.98. The SMILES string of the molecule is CC1(C)CN(CC(O)CN2CCc3ccccc3C2)C(=O)c2ccc(OC3CCNCC3)nc2O1. The molecule has 0 spiro atoms. The van der Waals surface area contributed by atoms with Crippen LogP contribution >= 0.6 is 0 Å². The van der Waals surface area contributed by atoms with Crippen LogP contribution in [0.15, 0.2) is 36.4 Å². The highest BCUT2D eigenvalue weighted by atomic mass is 16.5. The normalized spacial score (nSPS) is 21.5. The Labute approximate surface area is 207 Å². The fourth-order valence-electron chi connectivity index (χ4n) is 5.28. The summed E-state index contributed by atoms with van der Waals surface area (Å²) in [6.07, 6.45) is 2.30. The van der Waals surface area contributed by atoms with Gasteiger partial charge in [-0.2, -0.15) is 4.98 Å². The molecule has 1 unspecified atom stereocenters. The van der Waals surface area contributed by atoms with Crippen molar-refractivity contribution in [3.8, 4) is 11.8 Å². The van der Waals surface area contributed by atoms with Crippen molar-refractivity contribution in [2.24, 2.45) is 0 Å². The number of hydrogen-bond acceptors (Lipinski definition) is 7. The smallest absolute Gasteiger partial charge is 0.259 e. The van der Waals surface area contributed by atoms with Crippen molar-refractivity contribution in [3.05, 3.63) is 53.1 Å². The maximum Gasteiger partial charge on any atom is 0.259 e. The minimum atomic E-state index is -0.656. The molecule has 35 heavy (non-hydrogen) atoms. The Morgan fingerprint density at radius 3 is 2.74 bits per heavy atom. The molecule has 2 aromatic rings. The molecule has 5 rings (SSSR count). The third kappa shape index (κ3) is 5.77. The van der Waals surface area contributed by atoms with Gasteiger partial charge in [0.25, 0.3) is 5.91 Å². The number of rotatable bonds is 6. The van der Waals surface area contributed by atoms with Gasteiger partial charge in [0.15, 0.2) is 0 Å². The van der Waals surface area contributed by atoms with Gasteiger partial charge in [-0.1, -0.05) is 24.3 Å². The van der Waals surface area contributed by atoms with Crippen LogP contribution in [0.3, 0.4) is 0 Å². The van der Waals surface area contributed by atoms with Crippen molar-refractivity contribution < 1.29 is 19.4 Å². The minimum Gasteiger partial charge on any atom is -0.474 e. The lowest BCUT2D eigenvalue weighted by molar-refractivity contribution is 0.0275. The van der Waals surface area contributed by atoms with Gasteiger partial charge in [-0.05, 0) is 63.4 Å². The molecule has 1 fully saturated rings. The van der Waals surface area contributed by atoms with E-state index in [4.69, 9.17) is 9.47 Å². The number of aromatic nitrogens is 1. The Balaban J connectivity index is 1.26. The number of aliphatic hydroxyl groups is 1. The number of nitrogens with zero attached hydrogens (tertiary/aromatic N) is 3. The highest BCUT2D eigenvalue weighted by Crippen LogP contribution is 2.30. The predicted molar refractivity (Wildman–Crippen MR) is 133 cm³/mol. The quantitative estimate of drug-likeness (QED) is 0.656. The maximum absolute atomic E-state index is 13.4.